The molecular weight excluding hydrogens is 208 g/mol. The van der Waals surface area contributed by atoms with Gasteiger partial charge in [-0.05, 0) is 51.2 Å². The first-order valence-electron chi connectivity index (χ1n) is 5.53. The van der Waals surface area contributed by atoms with Gasteiger partial charge in [-0.15, -0.1) is 0 Å². The third kappa shape index (κ3) is 5.05. The molecule has 1 heteroatoms. The van der Waals surface area contributed by atoms with Crippen molar-refractivity contribution in [3.63, 3.8) is 0 Å². The molecule has 0 spiro atoms. The molecule has 0 fully saturated rings. The molecule has 1 rings (SSSR count). The van der Waals surface area contributed by atoms with Gasteiger partial charge in [0.25, 0.3) is 5.78 Å². The molecule has 0 amide bonds. The summed E-state index contributed by atoms with van der Waals surface area (Å²) in [5.41, 5.74) is 1.77. The summed E-state index contributed by atoms with van der Waals surface area (Å²) >= 11 is 0. The standard InChI is InChI=1S/C16H16O/c1-13-7-5-6-8-14(13)9-10-15(17)11-12-16(2,3)4/h5-8H,1-4H3. The van der Waals surface area contributed by atoms with Crippen molar-refractivity contribution in [2.45, 2.75) is 27.7 Å². The van der Waals surface area contributed by atoms with E-state index in [1.165, 1.54) is 0 Å². The van der Waals surface area contributed by atoms with Crippen LogP contribution in [0.3, 0.4) is 0 Å². The van der Waals surface area contributed by atoms with Crippen molar-refractivity contribution < 1.29 is 4.79 Å². The highest BCUT2D eigenvalue weighted by Crippen LogP contribution is 2.09. The van der Waals surface area contributed by atoms with Gasteiger partial charge in [0.15, 0.2) is 0 Å². The van der Waals surface area contributed by atoms with Crippen LogP contribution in [0.15, 0.2) is 24.3 Å². The molecule has 0 aromatic heterocycles. The average Bonchev–Trinajstić information content (AvgIpc) is 2.24. The summed E-state index contributed by atoms with van der Waals surface area (Å²) in [5, 5.41) is 0. The number of benzene rings is 1. The summed E-state index contributed by atoms with van der Waals surface area (Å²) in [5.74, 6) is 10.5. The fraction of sp³-hybridized carbons (Fsp3) is 0.312. The highest BCUT2D eigenvalue weighted by molar-refractivity contribution is 6.09. The normalized spacial score (nSPS) is 9.65. The first-order valence-corrected chi connectivity index (χ1v) is 5.53. The quantitative estimate of drug-likeness (QED) is 0.489. The average molecular weight is 224 g/mol. The Bertz CT molecular complexity index is 537. The number of rotatable bonds is 0. The Morgan fingerprint density at radius 2 is 1.76 bits per heavy atom. The largest absolute Gasteiger partial charge is 0.279 e. The third-order valence-electron chi connectivity index (χ3n) is 2.01. The van der Waals surface area contributed by atoms with Gasteiger partial charge in [-0.1, -0.05) is 30.0 Å². The Kier molecular flexibility index (Phi) is 4.13. The van der Waals surface area contributed by atoms with Gasteiger partial charge in [-0.25, -0.2) is 0 Å². The second kappa shape index (κ2) is 5.37. The van der Waals surface area contributed by atoms with Gasteiger partial charge in [0, 0.05) is 11.0 Å². The SMILES string of the molecule is Cc1ccccc1C#CC(=O)C#CC(C)(C)C. The van der Waals surface area contributed by atoms with Gasteiger partial charge >= 0.3 is 0 Å². The molecule has 1 aromatic carbocycles. The molecule has 86 valence electrons. The van der Waals surface area contributed by atoms with Gasteiger partial charge in [-0.2, -0.15) is 0 Å². The number of carbonyl (C=O) groups is 1. The van der Waals surface area contributed by atoms with Crippen LogP contribution in [-0.2, 0) is 4.79 Å². The minimum atomic E-state index is -0.330. The van der Waals surface area contributed by atoms with Crippen LogP contribution >= 0.6 is 0 Å². The number of hydrogen-bond donors (Lipinski definition) is 0. The van der Waals surface area contributed by atoms with E-state index in [1.54, 1.807) is 0 Å². The van der Waals surface area contributed by atoms with Crippen LogP contribution in [0.25, 0.3) is 0 Å². The van der Waals surface area contributed by atoms with Crippen molar-refractivity contribution in [3.8, 4) is 23.7 Å². The van der Waals surface area contributed by atoms with Crippen molar-refractivity contribution in [2.24, 2.45) is 5.41 Å². The van der Waals surface area contributed by atoms with Crippen molar-refractivity contribution in [3.05, 3.63) is 35.4 Å². The molecule has 0 saturated heterocycles. The highest BCUT2D eigenvalue weighted by atomic mass is 16.1. The van der Waals surface area contributed by atoms with E-state index in [4.69, 9.17) is 0 Å². The Balaban J connectivity index is 2.83. The molecular formula is C16H16O. The zero-order valence-electron chi connectivity index (χ0n) is 10.7. The van der Waals surface area contributed by atoms with Gasteiger partial charge < -0.3 is 0 Å². The fourth-order valence-corrected chi connectivity index (χ4v) is 1.11. The minimum absolute atomic E-state index is 0.167. The lowest BCUT2D eigenvalue weighted by molar-refractivity contribution is -0.108. The van der Waals surface area contributed by atoms with Crippen LogP contribution in [0.1, 0.15) is 31.9 Å². The van der Waals surface area contributed by atoms with E-state index in [9.17, 15) is 4.79 Å². The van der Waals surface area contributed by atoms with Crippen LogP contribution in [0.5, 0.6) is 0 Å². The number of aryl methyl sites for hydroxylation is 1. The van der Waals surface area contributed by atoms with Gasteiger partial charge in [0.2, 0.25) is 0 Å². The second-order valence-corrected chi connectivity index (χ2v) is 4.89. The first-order chi connectivity index (χ1) is 7.88. The third-order valence-corrected chi connectivity index (χ3v) is 2.01. The summed E-state index contributed by atoms with van der Waals surface area (Å²) in [4.78, 5) is 11.4. The van der Waals surface area contributed by atoms with Gasteiger partial charge in [0.05, 0.1) is 0 Å². The minimum Gasteiger partial charge on any atom is -0.270 e. The van der Waals surface area contributed by atoms with Crippen LogP contribution in [-0.4, -0.2) is 5.78 Å². The molecule has 0 N–H and O–H groups in total. The monoisotopic (exact) mass is 224 g/mol. The predicted octanol–water partition coefficient (Wildman–Crippen LogP) is 2.97. The fourth-order valence-electron chi connectivity index (χ4n) is 1.11. The van der Waals surface area contributed by atoms with Crippen molar-refractivity contribution in [1.82, 2.24) is 0 Å². The molecule has 0 atom stereocenters. The summed E-state index contributed by atoms with van der Waals surface area (Å²) < 4.78 is 0. The highest BCUT2D eigenvalue weighted by Gasteiger charge is 2.03. The second-order valence-electron chi connectivity index (χ2n) is 4.89. The molecule has 0 aliphatic heterocycles. The summed E-state index contributed by atoms with van der Waals surface area (Å²) in [6.45, 7) is 7.85. The van der Waals surface area contributed by atoms with E-state index < -0.39 is 0 Å². The van der Waals surface area contributed by atoms with Crippen molar-refractivity contribution >= 4 is 5.78 Å². The van der Waals surface area contributed by atoms with Crippen LogP contribution in [0, 0.1) is 36.0 Å². The van der Waals surface area contributed by atoms with Crippen molar-refractivity contribution in [1.29, 1.82) is 0 Å². The summed E-state index contributed by atoms with van der Waals surface area (Å²) in [6, 6.07) is 7.71. The molecule has 0 aliphatic carbocycles. The molecule has 0 heterocycles. The molecule has 1 nitrogen and oxygen atoms in total. The summed E-state index contributed by atoms with van der Waals surface area (Å²) in [7, 11) is 0. The van der Waals surface area contributed by atoms with Crippen molar-refractivity contribution in [2.75, 3.05) is 0 Å². The lowest BCUT2D eigenvalue weighted by Crippen LogP contribution is -2.01. The predicted molar refractivity (Wildman–Crippen MR) is 70.3 cm³/mol. The maximum absolute atomic E-state index is 11.4. The van der Waals surface area contributed by atoms with Crippen LogP contribution in [0.4, 0.5) is 0 Å². The zero-order chi connectivity index (χ0) is 12.9. The Labute approximate surface area is 103 Å². The maximum Gasteiger partial charge on any atom is 0.279 e. The number of Topliss-reactive ketones (excluding diaryl/α,β-unsaturated/α-hetero) is 1. The number of ketones is 1. The first kappa shape index (κ1) is 13.1. The van der Waals surface area contributed by atoms with E-state index in [0.717, 1.165) is 11.1 Å². The Morgan fingerprint density at radius 1 is 1.12 bits per heavy atom. The topological polar surface area (TPSA) is 17.1 Å². The number of carbonyl (C=O) groups excluding carboxylic acids is 1. The van der Waals surface area contributed by atoms with Crippen LogP contribution < -0.4 is 0 Å². The molecule has 0 radical (unpaired) electrons. The number of hydrogen-bond acceptors (Lipinski definition) is 1. The molecule has 0 aliphatic rings. The Hall–Kier alpha value is -1.99. The van der Waals surface area contributed by atoms with E-state index in [-0.39, 0.29) is 11.2 Å². The molecule has 0 bridgehead atoms. The van der Waals surface area contributed by atoms with E-state index >= 15 is 0 Å². The van der Waals surface area contributed by atoms with Gasteiger partial charge in [-0.3, -0.25) is 4.79 Å². The molecule has 0 unspecified atom stereocenters. The van der Waals surface area contributed by atoms with E-state index in [0.29, 0.717) is 0 Å². The smallest absolute Gasteiger partial charge is 0.270 e. The lowest BCUT2D eigenvalue weighted by atomic mass is 9.98. The van der Waals surface area contributed by atoms with Crippen LogP contribution in [0.2, 0.25) is 0 Å². The van der Waals surface area contributed by atoms with E-state index in [1.807, 2.05) is 52.0 Å². The molecule has 1 aromatic rings. The zero-order valence-corrected chi connectivity index (χ0v) is 10.7. The molecule has 0 saturated carbocycles. The van der Waals surface area contributed by atoms with E-state index in [2.05, 4.69) is 23.7 Å². The summed E-state index contributed by atoms with van der Waals surface area (Å²) in [6.07, 6.45) is 0. The van der Waals surface area contributed by atoms with Gasteiger partial charge in [0.1, 0.15) is 0 Å². The lowest BCUT2D eigenvalue weighted by Gasteiger charge is -2.05. The Morgan fingerprint density at radius 3 is 2.35 bits per heavy atom. The maximum atomic E-state index is 11.4. The molecule has 17 heavy (non-hydrogen) atoms.